The van der Waals surface area contributed by atoms with E-state index in [9.17, 15) is 4.79 Å². The minimum atomic E-state index is -0.294. The van der Waals surface area contributed by atoms with Gasteiger partial charge in [0.05, 0.1) is 12.2 Å². The van der Waals surface area contributed by atoms with Crippen LogP contribution >= 0.6 is 12.2 Å². The normalized spacial score (nSPS) is 10.2. The fourth-order valence-corrected chi connectivity index (χ4v) is 2.36. The van der Waals surface area contributed by atoms with E-state index in [4.69, 9.17) is 21.7 Å². The van der Waals surface area contributed by atoms with Crippen LogP contribution in [0.1, 0.15) is 15.9 Å². The average Bonchev–Trinajstić information content (AvgIpc) is 2.63. The maximum atomic E-state index is 12.5. The molecular weight excluding hydrogens is 336 g/mol. The quantitative estimate of drug-likeness (QED) is 0.609. The standard InChI is InChI=1S/C19H22N2O3S/c1-21(14-15-8-4-3-5-9-15)19(25)20-18(22)16-10-6-7-11-17(16)24-13-12-23-2/h3-11H,12-14H2,1-2H3,(H,20,22,25). The van der Waals surface area contributed by atoms with E-state index in [0.717, 1.165) is 5.56 Å². The van der Waals surface area contributed by atoms with Gasteiger partial charge < -0.3 is 14.4 Å². The van der Waals surface area contributed by atoms with E-state index in [0.29, 0.717) is 36.2 Å². The van der Waals surface area contributed by atoms with Crippen LogP contribution in [0.15, 0.2) is 54.6 Å². The summed E-state index contributed by atoms with van der Waals surface area (Å²) < 4.78 is 10.6. The van der Waals surface area contributed by atoms with E-state index < -0.39 is 0 Å². The first-order valence-electron chi connectivity index (χ1n) is 7.93. The second kappa shape index (κ2) is 9.76. The number of thiocarbonyl (C=S) groups is 1. The molecule has 2 rings (SSSR count). The highest BCUT2D eigenvalue weighted by Crippen LogP contribution is 2.18. The number of carbonyl (C=O) groups is 1. The molecule has 0 radical (unpaired) electrons. The van der Waals surface area contributed by atoms with Crippen LogP contribution < -0.4 is 10.1 Å². The van der Waals surface area contributed by atoms with Crippen LogP contribution in [0.4, 0.5) is 0 Å². The Morgan fingerprint density at radius 3 is 2.48 bits per heavy atom. The van der Waals surface area contributed by atoms with Crippen molar-refractivity contribution < 1.29 is 14.3 Å². The zero-order chi connectivity index (χ0) is 18.1. The van der Waals surface area contributed by atoms with Crippen LogP contribution in [-0.4, -0.2) is 43.3 Å². The molecule has 25 heavy (non-hydrogen) atoms. The third-order valence-corrected chi connectivity index (χ3v) is 3.92. The predicted molar refractivity (Wildman–Crippen MR) is 102 cm³/mol. The number of methoxy groups -OCH3 is 1. The van der Waals surface area contributed by atoms with Crippen molar-refractivity contribution in [1.82, 2.24) is 10.2 Å². The van der Waals surface area contributed by atoms with E-state index in [1.54, 1.807) is 25.3 Å². The zero-order valence-electron chi connectivity index (χ0n) is 14.4. The summed E-state index contributed by atoms with van der Waals surface area (Å²) in [6, 6.07) is 17.0. The number of hydrogen-bond acceptors (Lipinski definition) is 4. The Hall–Kier alpha value is -2.44. The predicted octanol–water partition coefficient (Wildman–Crippen LogP) is 2.86. The van der Waals surface area contributed by atoms with Crippen molar-refractivity contribution in [2.45, 2.75) is 6.54 Å². The van der Waals surface area contributed by atoms with E-state index in [1.165, 1.54) is 0 Å². The second-order valence-electron chi connectivity index (χ2n) is 5.44. The number of rotatable bonds is 7. The molecule has 0 heterocycles. The molecule has 0 aliphatic rings. The molecule has 0 aliphatic carbocycles. The molecular formula is C19H22N2O3S. The van der Waals surface area contributed by atoms with Crippen LogP contribution in [0.2, 0.25) is 0 Å². The first-order valence-corrected chi connectivity index (χ1v) is 8.33. The highest BCUT2D eigenvalue weighted by molar-refractivity contribution is 7.80. The van der Waals surface area contributed by atoms with Gasteiger partial charge in [0.2, 0.25) is 0 Å². The van der Waals surface area contributed by atoms with Gasteiger partial charge in [0.25, 0.3) is 5.91 Å². The number of ether oxygens (including phenoxy) is 2. The van der Waals surface area contributed by atoms with Crippen molar-refractivity contribution >= 4 is 23.2 Å². The summed E-state index contributed by atoms with van der Waals surface area (Å²) >= 11 is 5.33. The van der Waals surface area contributed by atoms with Crippen molar-refractivity contribution in [2.75, 3.05) is 27.4 Å². The Morgan fingerprint density at radius 2 is 1.76 bits per heavy atom. The first-order chi connectivity index (χ1) is 12.1. The molecule has 2 aromatic rings. The number of nitrogens with zero attached hydrogens (tertiary/aromatic N) is 1. The number of nitrogens with one attached hydrogen (secondary N) is 1. The second-order valence-corrected chi connectivity index (χ2v) is 5.83. The summed E-state index contributed by atoms with van der Waals surface area (Å²) in [5.74, 6) is 0.212. The lowest BCUT2D eigenvalue weighted by atomic mass is 10.2. The highest BCUT2D eigenvalue weighted by atomic mass is 32.1. The van der Waals surface area contributed by atoms with Gasteiger partial charge >= 0.3 is 0 Å². The summed E-state index contributed by atoms with van der Waals surface area (Å²) in [6.07, 6.45) is 0. The van der Waals surface area contributed by atoms with E-state index >= 15 is 0 Å². The lowest BCUT2D eigenvalue weighted by Crippen LogP contribution is -2.40. The Bertz CT molecular complexity index is 707. The number of carbonyl (C=O) groups excluding carboxylic acids is 1. The summed E-state index contributed by atoms with van der Waals surface area (Å²) in [5.41, 5.74) is 1.55. The molecule has 0 spiro atoms. The van der Waals surface area contributed by atoms with Crippen molar-refractivity contribution in [3.8, 4) is 5.75 Å². The summed E-state index contributed by atoms with van der Waals surface area (Å²) in [5, 5.41) is 3.12. The summed E-state index contributed by atoms with van der Waals surface area (Å²) in [7, 11) is 3.44. The SMILES string of the molecule is COCCOc1ccccc1C(=O)NC(=S)N(C)Cc1ccccc1. The Morgan fingerprint density at radius 1 is 1.08 bits per heavy atom. The van der Waals surface area contributed by atoms with Crippen molar-refractivity contribution in [3.05, 3.63) is 65.7 Å². The minimum Gasteiger partial charge on any atom is -0.490 e. The molecule has 132 valence electrons. The van der Waals surface area contributed by atoms with Crippen molar-refractivity contribution in [1.29, 1.82) is 0 Å². The Balaban J connectivity index is 1.97. The van der Waals surface area contributed by atoms with E-state index in [1.807, 2.05) is 48.3 Å². The molecule has 0 unspecified atom stereocenters. The number of para-hydroxylation sites is 1. The molecule has 0 aliphatic heterocycles. The van der Waals surface area contributed by atoms with E-state index in [-0.39, 0.29) is 5.91 Å². The van der Waals surface area contributed by atoms with Crippen LogP contribution in [0.3, 0.4) is 0 Å². The van der Waals surface area contributed by atoms with Crippen LogP contribution in [0.25, 0.3) is 0 Å². The largest absolute Gasteiger partial charge is 0.490 e. The van der Waals surface area contributed by atoms with Gasteiger partial charge in [-0.15, -0.1) is 0 Å². The maximum absolute atomic E-state index is 12.5. The number of benzene rings is 2. The summed E-state index contributed by atoms with van der Waals surface area (Å²) in [6.45, 7) is 1.44. The lowest BCUT2D eigenvalue weighted by molar-refractivity contribution is 0.0966. The van der Waals surface area contributed by atoms with E-state index in [2.05, 4.69) is 5.32 Å². The molecule has 0 saturated heterocycles. The third-order valence-electron chi connectivity index (χ3n) is 3.51. The number of hydrogen-bond donors (Lipinski definition) is 1. The minimum absolute atomic E-state index is 0.294. The molecule has 0 fully saturated rings. The van der Waals surface area contributed by atoms with Gasteiger partial charge in [-0.1, -0.05) is 42.5 Å². The topological polar surface area (TPSA) is 50.8 Å². The molecule has 1 amide bonds. The summed E-state index contributed by atoms with van der Waals surface area (Å²) in [4.78, 5) is 14.3. The maximum Gasteiger partial charge on any atom is 0.261 e. The third kappa shape index (κ3) is 5.85. The average molecular weight is 358 g/mol. The molecule has 1 N–H and O–H groups in total. The smallest absolute Gasteiger partial charge is 0.261 e. The molecule has 0 aromatic heterocycles. The van der Waals surface area contributed by atoms with Crippen molar-refractivity contribution in [2.24, 2.45) is 0 Å². The van der Waals surface area contributed by atoms with Gasteiger partial charge in [-0.3, -0.25) is 10.1 Å². The molecule has 6 heteroatoms. The Kier molecular flexibility index (Phi) is 7.37. The van der Waals surface area contributed by atoms with Gasteiger partial charge in [0, 0.05) is 20.7 Å². The van der Waals surface area contributed by atoms with Crippen LogP contribution in [-0.2, 0) is 11.3 Å². The Labute approximate surface area is 153 Å². The van der Waals surface area contributed by atoms with Gasteiger partial charge in [0.1, 0.15) is 12.4 Å². The molecule has 0 atom stereocenters. The zero-order valence-corrected chi connectivity index (χ0v) is 15.2. The lowest BCUT2D eigenvalue weighted by Gasteiger charge is -2.21. The van der Waals surface area contributed by atoms with Crippen LogP contribution in [0.5, 0.6) is 5.75 Å². The fraction of sp³-hybridized carbons (Fsp3) is 0.263. The first kappa shape index (κ1) is 18.9. The van der Waals surface area contributed by atoms with Gasteiger partial charge in [-0.05, 0) is 29.9 Å². The molecule has 0 bridgehead atoms. The fourth-order valence-electron chi connectivity index (χ4n) is 2.20. The van der Waals surface area contributed by atoms with Gasteiger partial charge in [-0.25, -0.2) is 0 Å². The molecule has 5 nitrogen and oxygen atoms in total. The molecule has 2 aromatic carbocycles. The van der Waals surface area contributed by atoms with Gasteiger partial charge in [0.15, 0.2) is 5.11 Å². The number of amides is 1. The van der Waals surface area contributed by atoms with Crippen LogP contribution in [0, 0.1) is 0 Å². The van der Waals surface area contributed by atoms with Crippen molar-refractivity contribution in [3.63, 3.8) is 0 Å². The van der Waals surface area contributed by atoms with Gasteiger partial charge in [-0.2, -0.15) is 0 Å². The molecule has 0 saturated carbocycles. The highest BCUT2D eigenvalue weighted by Gasteiger charge is 2.15. The monoisotopic (exact) mass is 358 g/mol.